The Hall–Kier alpha value is -0.590. The summed E-state index contributed by atoms with van der Waals surface area (Å²) in [4.78, 5) is 1.98. The third-order valence-electron chi connectivity index (χ3n) is 3.15. The van der Waals surface area contributed by atoms with Crippen molar-refractivity contribution < 1.29 is 5.11 Å². The summed E-state index contributed by atoms with van der Waals surface area (Å²) in [7, 11) is 1.92. The molecule has 0 amide bonds. The molecular formula is C11H20N2O. The highest BCUT2D eigenvalue weighted by Gasteiger charge is 2.33. The molecule has 1 aliphatic carbocycles. The molecule has 0 aromatic carbocycles. The highest BCUT2D eigenvalue weighted by atomic mass is 16.3. The second-order valence-electron chi connectivity index (χ2n) is 4.40. The van der Waals surface area contributed by atoms with Crippen LogP contribution in [0.1, 0.15) is 39.0 Å². The van der Waals surface area contributed by atoms with Crippen molar-refractivity contribution in [3.8, 4) is 6.07 Å². The van der Waals surface area contributed by atoms with Crippen LogP contribution in [0.3, 0.4) is 0 Å². The summed E-state index contributed by atoms with van der Waals surface area (Å²) in [5.41, 5.74) is -0.529. The minimum Gasteiger partial charge on any atom is -0.389 e. The first-order chi connectivity index (χ1) is 6.61. The number of rotatable bonds is 4. The van der Waals surface area contributed by atoms with Crippen LogP contribution in [0.5, 0.6) is 0 Å². The van der Waals surface area contributed by atoms with Gasteiger partial charge in [0.25, 0.3) is 0 Å². The van der Waals surface area contributed by atoms with Gasteiger partial charge in [0.1, 0.15) is 0 Å². The molecule has 0 radical (unpaired) electrons. The lowest BCUT2D eigenvalue weighted by Gasteiger charge is -2.30. The Morgan fingerprint density at radius 3 is 2.50 bits per heavy atom. The summed E-state index contributed by atoms with van der Waals surface area (Å²) in [6, 6.07) is 2.20. The molecule has 3 nitrogen and oxygen atoms in total. The zero-order valence-electron chi connectivity index (χ0n) is 9.16. The lowest BCUT2D eigenvalue weighted by Crippen LogP contribution is -2.43. The third kappa shape index (κ3) is 2.70. The molecule has 1 N–H and O–H groups in total. The van der Waals surface area contributed by atoms with Gasteiger partial charge in [-0.3, -0.25) is 4.90 Å². The van der Waals surface area contributed by atoms with Gasteiger partial charge in [0.15, 0.2) is 0 Å². The number of likely N-dealkylation sites (N-methyl/N-ethyl adjacent to an activating group) is 1. The molecule has 0 heterocycles. The molecule has 1 atom stereocenters. The predicted molar refractivity (Wildman–Crippen MR) is 55.7 cm³/mol. The zero-order chi connectivity index (χ0) is 10.6. The van der Waals surface area contributed by atoms with Gasteiger partial charge in [0, 0.05) is 6.54 Å². The van der Waals surface area contributed by atoms with Crippen molar-refractivity contribution in [1.82, 2.24) is 4.90 Å². The van der Waals surface area contributed by atoms with Crippen LogP contribution in [0.15, 0.2) is 0 Å². The topological polar surface area (TPSA) is 47.3 Å². The zero-order valence-corrected chi connectivity index (χ0v) is 9.16. The monoisotopic (exact) mass is 196 g/mol. The fourth-order valence-corrected chi connectivity index (χ4v) is 2.27. The van der Waals surface area contributed by atoms with Crippen LogP contribution < -0.4 is 0 Å². The van der Waals surface area contributed by atoms with Crippen LogP contribution in [0.2, 0.25) is 0 Å². The maximum absolute atomic E-state index is 10.2. The van der Waals surface area contributed by atoms with E-state index in [1.54, 1.807) is 0 Å². The van der Waals surface area contributed by atoms with Gasteiger partial charge in [-0.1, -0.05) is 19.8 Å². The first kappa shape index (κ1) is 11.5. The molecule has 1 saturated carbocycles. The minimum atomic E-state index is -0.529. The molecule has 0 spiro atoms. The van der Waals surface area contributed by atoms with E-state index in [4.69, 9.17) is 5.26 Å². The molecule has 0 aromatic heterocycles. The Morgan fingerprint density at radius 1 is 1.50 bits per heavy atom. The highest BCUT2D eigenvalue weighted by Crippen LogP contribution is 2.30. The van der Waals surface area contributed by atoms with E-state index >= 15 is 0 Å². The SMILES string of the molecule is CCC(C#N)N(C)CC1(O)CCCC1. The molecule has 14 heavy (non-hydrogen) atoms. The maximum Gasteiger partial charge on any atom is 0.0973 e. The summed E-state index contributed by atoms with van der Waals surface area (Å²) in [6.45, 7) is 2.64. The second kappa shape index (κ2) is 4.77. The van der Waals surface area contributed by atoms with Crippen molar-refractivity contribution in [3.05, 3.63) is 0 Å². The van der Waals surface area contributed by atoms with Gasteiger partial charge in [-0.05, 0) is 26.3 Å². The van der Waals surface area contributed by atoms with Crippen molar-refractivity contribution in [2.45, 2.75) is 50.7 Å². The smallest absolute Gasteiger partial charge is 0.0973 e. The quantitative estimate of drug-likeness (QED) is 0.741. The van der Waals surface area contributed by atoms with E-state index in [1.807, 2.05) is 18.9 Å². The van der Waals surface area contributed by atoms with Gasteiger partial charge < -0.3 is 5.11 Å². The highest BCUT2D eigenvalue weighted by molar-refractivity contribution is 4.94. The Bertz CT molecular complexity index is 216. The lowest BCUT2D eigenvalue weighted by molar-refractivity contribution is 0.0105. The normalized spacial score (nSPS) is 22.2. The van der Waals surface area contributed by atoms with Crippen LogP contribution >= 0.6 is 0 Å². The van der Waals surface area contributed by atoms with Gasteiger partial charge in [-0.15, -0.1) is 0 Å². The van der Waals surface area contributed by atoms with Crippen molar-refractivity contribution in [3.63, 3.8) is 0 Å². The molecule has 0 aromatic rings. The van der Waals surface area contributed by atoms with Crippen LogP contribution in [-0.2, 0) is 0 Å². The van der Waals surface area contributed by atoms with E-state index in [-0.39, 0.29) is 6.04 Å². The fourth-order valence-electron chi connectivity index (χ4n) is 2.27. The van der Waals surface area contributed by atoms with Crippen LogP contribution in [-0.4, -0.2) is 35.2 Å². The first-order valence-corrected chi connectivity index (χ1v) is 5.43. The maximum atomic E-state index is 10.2. The van der Waals surface area contributed by atoms with Gasteiger partial charge >= 0.3 is 0 Å². The predicted octanol–water partition coefficient (Wildman–Crippen LogP) is 1.53. The number of hydrogen-bond acceptors (Lipinski definition) is 3. The van der Waals surface area contributed by atoms with E-state index in [1.165, 1.54) is 0 Å². The van der Waals surface area contributed by atoms with Gasteiger partial charge in [0.05, 0.1) is 17.7 Å². The molecule has 1 unspecified atom stereocenters. The molecule has 1 aliphatic rings. The van der Waals surface area contributed by atoms with Gasteiger partial charge in [-0.25, -0.2) is 0 Å². The largest absolute Gasteiger partial charge is 0.389 e. The standard InChI is InChI=1S/C11H20N2O/c1-3-10(8-12)13(2)9-11(14)6-4-5-7-11/h10,14H,3-7,9H2,1-2H3. The summed E-state index contributed by atoms with van der Waals surface area (Å²) in [5, 5.41) is 19.0. The van der Waals surface area contributed by atoms with Crippen molar-refractivity contribution in [2.75, 3.05) is 13.6 Å². The lowest BCUT2D eigenvalue weighted by atomic mass is 10.0. The average Bonchev–Trinajstić information content (AvgIpc) is 2.54. The van der Waals surface area contributed by atoms with Crippen LogP contribution in [0.4, 0.5) is 0 Å². The summed E-state index contributed by atoms with van der Waals surface area (Å²) in [6.07, 6.45) is 4.84. The Balaban J connectivity index is 2.46. The van der Waals surface area contributed by atoms with Crippen LogP contribution in [0, 0.1) is 11.3 Å². The Morgan fingerprint density at radius 2 is 2.07 bits per heavy atom. The fraction of sp³-hybridized carbons (Fsp3) is 0.909. The Kier molecular flexibility index (Phi) is 3.91. The Labute approximate surface area is 86.3 Å². The van der Waals surface area contributed by atoms with Crippen LogP contribution in [0.25, 0.3) is 0 Å². The summed E-state index contributed by atoms with van der Waals surface area (Å²) >= 11 is 0. The number of nitrogens with zero attached hydrogens (tertiary/aromatic N) is 2. The average molecular weight is 196 g/mol. The second-order valence-corrected chi connectivity index (χ2v) is 4.40. The van der Waals surface area contributed by atoms with Gasteiger partial charge in [0.2, 0.25) is 0 Å². The van der Waals surface area contributed by atoms with Crippen molar-refractivity contribution in [2.24, 2.45) is 0 Å². The molecular weight excluding hydrogens is 176 g/mol. The molecule has 0 saturated heterocycles. The molecule has 0 bridgehead atoms. The van der Waals surface area contributed by atoms with E-state index in [9.17, 15) is 5.11 Å². The first-order valence-electron chi connectivity index (χ1n) is 5.43. The molecule has 0 aliphatic heterocycles. The number of nitriles is 1. The van der Waals surface area contributed by atoms with E-state index in [0.29, 0.717) is 6.54 Å². The molecule has 1 fully saturated rings. The van der Waals surface area contributed by atoms with Gasteiger partial charge in [-0.2, -0.15) is 5.26 Å². The molecule has 3 heteroatoms. The minimum absolute atomic E-state index is 0.0559. The molecule has 80 valence electrons. The molecule has 1 rings (SSSR count). The number of hydrogen-bond donors (Lipinski definition) is 1. The van der Waals surface area contributed by atoms with Crippen molar-refractivity contribution >= 4 is 0 Å². The van der Waals surface area contributed by atoms with E-state index in [2.05, 4.69) is 6.07 Å². The summed E-state index contributed by atoms with van der Waals surface area (Å²) in [5.74, 6) is 0. The number of aliphatic hydroxyl groups is 1. The van der Waals surface area contributed by atoms with E-state index in [0.717, 1.165) is 32.1 Å². The van der Waals surface area contributed by atoms with Crippen molar-refractivity contribution in [1.29, 1.82) is 5.26 Å². The summed E-state index contributed by atoms with van der Waals surface area (Å²) < 4.78 is 0. The third-order valence-corrected chi connectivity index (χ3v) is 3.15. The van der Waals surface area contributed by atoms with E-state index < -0.39 is 5.60 Å².